The molecule has 0 spiro atoms. The van der Waals surface area contributed by atoms with Crippen molar-refractivity contribution in [3.63, 3.8) is 0 Å². The van der Waals surface area contributed by atoms with Gasteiger partial charge in [-0.3, -0.25) is 9.98 Å². The summed E-state index contributed by atoms with van der Waals surface area (Å²) in [6, 6.07) is 3.67. The zero-order valence-corrected chi connectivity index (χ0v) is 7.14. The number of pyridine rings is 1. The first kappa shape index (κ1) is 8.34. The number of ether oxygens (including phenoxy) is 2. The molecule has 0 radical (unpaired) electrons. The molecule has 1 aromatic rings. The molecule has 1 fully saturated rings. The molecule has 0 N–H and O–H groups in total. The molecule has 0 bridgehead atoms. The quantitative estimate of drug-likeness (QED) is 0.644. The van der Waals surface area contributed by atoms with Crippen LogP contribution in [0.5, 0.6) is 0 Å². The molecule has 1 aliphatic rings. The first-order chi connectivity index (χ1) is 6.40. The van der Waals surface area contributed by atoms with E-state index in [1.54, 1.807) is 6.20 Å². The van der Waals surface area contributed by atoms with E-state index in [0.29, 0.717) is 13.2 Å². The molecule has 1 aromatic heterocycles. The molecule has 1 saturated heterocycles. The van der Waals surface area contributed by atoms with Crippen molar-refractivity contribution in [2.75, 3.05) is 13.2 Å². The standard InChI is InChI=1S/C9H10N2O2/c1-10-7-2-3-8(11-6-7)9-12-4-5-13-9/h2-3,6,9H,1,4-5H2. The maximum atomic E-state index is 5.28. The molecule has 4 heteroatoms. The van der Waals surface area contributed by atoms with Crippen LogP contribution in [0.1, 0.15) is 12.0 Å². The van der Waals surface area contributed by atoms with Crippen molar-refractivity contribution in [2.45, 2.75) is 6.29 Å². The number of nitrogens with zero attached hydrogens (tertiary/aromatic N) is 2. The van der Waals surface area contributed by atoms with E-state index in [1.807, 2.05) is 12.1 Å². The molecule has 68 valence electrons. The average Bonchev–Trinajstić information content (AvgIpc) is 2.71. The fraction of sp³-hybridized carbons (Fsp3) is 0.333. The lowest BCUT2D eigenvalue weighted by Gasteiger charge is -2.07. The van der Waals surface area contributed by atoms with Gasteiger partial charge in [-0.15, -0.1) is 0 Å². The number of hydrogen-bond acceptors (Lipinski definition) is 4. The van der Waals surface area contributed by atoms with Crippen molar-refractivity contribution in [3.05, 3.63) is 24.0 Å². The zero-order chi connectivity index (χ0) is 9.10. The Kier molecular flexibility index (Phi) is 2.33. The van der Waals surface area contributed by atoms with E-state index < -0.39 is 0 Å². The Morgan fingerprint density at radius 2 is 2.15 bits per heavy atom. The van der Waals surface area contributed by atoms with Crippen molar-refractivity contribution >= 4 is 12.4 Å². The smallest absolute Gasteiger partial charge is 0.201 e. The molecule has 1 aliphatic heterocycles. The largest absolute Gasteiger partial charge is 0.345 e. The van der Waals surface area contributed by atoms with E-state index >= 15 is 0 Å². The molecule has 4 nitrogen and oxygen atoms in total. The van der Waals surface area contributed by atoms with Crippen LogP contribution in [-0.4, -0.2) is 24.9 Å². The van der Waals surface area contributed by atoms with Gasteiger partial charge in [0, 0.05) is 0 Å². The van der Waals surface area contributed by atoms with Crippen molar-refractivity contribution < 1.29 is 9.47 Å². The number of rotatable bonds is 2. The SMILES string of the molecule is C=Nc1ccc(C2OCCO2)nc1. The predicted molar refractivity (Wildman–Crippen MR) is 48.1 cm³/mol. The summed E-state index contributed by atoms with van der Waals surface area (Å²) < 4.78 is 10.6. The topological polar surface area (TPSA) is 43.7 Å². The summed E-state index contributed by atoms with van der Waals surface area (Å²) in [6.45, 7) is 4.67. The Bertz CT molecular complexity index is 291. The second-order valence-corrected chi connectivity index (χ2v) is 2.67. The fourth-order valence-electron chi connectivity index (χ4n) is 1.16. The number of hydrogen-bond donors (Lipinski definition) is 0. The third-order valence-electron chi connectivity index (χ3n) is 1.82. The molecule has 13 heavy (non-hydrogen) atoms. The summed E-state index contributed by atoms with van der Waals surface area (Å²) in [6.07, 6.45) is 1.34. The second-order valence-electron chi connectivity index (χ2n) is 2.67. The van der Waals surface area contributed by atoms with Gasteiger partial charge in [-0.05, 0) is 18.9 Å². The number of aromatic nitrogens is 1. The van der Waals surface area contributed by atoms with E-state index in [4.69, 9.17) is 9.47 Å². The van der Waals surface area contributed by atoms with E-state index in [2.05, 4.69) is 16.7 Å². The van der Waals surface area contributed by atoms with Gasteiger partial charge in [-0.2, -0.15) is 0 Å². The van der Waals surface area contributed by atoms with Crippen molar-refractivity contribution in [2.24, 2.45) is 4.99 Å². The van der Waals surface area contributed by atoms with Crippen LogP contribution in [0.4, 0.5) is 5.69 Å². The summed E-state index contributed by atoms with van der Waals surface area (Å²) in [7, 11) is 0. The van der Waals surface area contributed by atoms with Gasteiger partial charge in [-0.1, -0.05) is 0 Å². The van der Waals surface area contributed by atoms with E-state index in [-0.39, 0.29) is 6.29 Å². The van der Waals surface area contributed by atoms with Gasteiger partial charge in [-0.25, -0.2) is 0 Å². The first-order valence-corrected chi connectivity index (χ1v) is 4.06. The highest BCUT2D eigenvalue weighted by Crippen LogP contribution is 2.22. The van der Waals surface area contributed by atoms with Crippen LogP contribution in [-0.2, 0) is 9.47 Å². The molecule has 0 saturated carbocycles. The minimum Gasteiger partial charge on any atom is -0.345 e. The zero-order valence-electron chi connectivity index (χ0n) is 7.14. The van der Waals surface area contributed by atoms with Gasteiger partial charge in [0.15, 0.2) is 0 Å². The van der Waals surface area contributed by atoms with Crippen LogP contribution < -0.4 is 0 Å². The van der Waals surface area contributed by atoms with E-state index in [0.717, 1.165) is 11.4 Å². The van der Waals surface area contributed by atoms with Crippen LogP contribution in [0.2, 0.25) is 0 Å². The fourth-order valence-corrected chi connectivity index (χ4v) is 1.16. The molecule has 2 heterocycles. The third kappa shape index (κ3) is 1.74. The van der Waals surface area contributed by atoms with Crippen LogP contribution in [0, 0.1) is 0 Å². The lowest BCUT2D eigenvalue weighted by atomic mass is 10.3. The first-order valence-electron chi connectivity index (χ1n) is 4.06. The summed E-state index contributed by atoms with van der Waals surface area (Å²) in [5.74, 6) is 0. The molecule has 0 unspecified atom stereocenters. The molecule has 0 aromatic carbocycles. The summed E-state index contributed by atoms with van der Waals surface area (Å²) in [4.78, 5) is 7.89. The minimum atomic E-state index is -0.307. The number of aliphatic imine (C=N–C) groups is 1. The Labute approximate surface area is 76.2 Å². The molecule has 0 amide bonds. The van der Waals surface area contributed by atoms with Gasteiger partial charge < -0.3 is 9.47 Å². The van der Waals surface area contributed by atoms with Gasteiger partial charge in [0.25, 0.3) is 0 Å². The minimum absolute atomic E-state index is 0.307. The summed E-state index contributed by atoms with van der Waals surface area (Å²) >= 11 is 0. The highest BCUT2D eigenvalue weighted by Gasteiger charge is 2.18. The molecule has 0 aliphatic carbocycles. The Hall–Kier alpha value is -1.26. The highest BCUT2D eigenvalue weighted by atomic mass is 16.7. The Morgan fingerprint density at radius 1 is 1.38 bits per heavy atom. The third-order valence-corrected chi connectivity index (χ3v) is 1.82. The van der Waals surface area contributed by atoms with Crippen molar-refractivity contribution in [3.8, 4) is 0 Å². The average molecular weight is 178 g/mol. The summed E-state index contributed by atoms with van der Waals surface area (Å²) in [5.41, 5.74) is 1.53. The predicted octanol–water partition coefficient (Wildman–Crippen LogP) is 1.46. The van der Waals surface area contributed by atoms with Gasteiger partial charge in [0.05, 0.1) is 30.8 Å². The van der Waals surface area contributed by atoms with Gasteiger partial charge in [0.1, 0.15) is 0 Å². The van der Waals surface area contributed by atoms with Crippen LogP contribution in [0.15, 0.2) is 23.3 Å². The Morgan fingerprint density at radius 3 is 2.69 bits per heavy atom. The van der Waals surface area contributed by atoms with Gasteiger partial charge >= 0.3 is 0 Å². The van der Waals surface area contributed by atoms with E-state index in [1.165, 1.54) is 0 Å². The van der Waals surface area contributed by atoms with Crippen LogP contribution in [0.25, 0.3) is 0 Å². The van der Waals surface area contributed by atoms with E-state index in [9.17, 15) is 0 Å². The molecular formula is C9H10N2O2. The lowest BCUT2D eigenvalue weighted by Crippen LogP contribution is -1.99. The van der Waals surface area contributed by atoms with Gasteiger partial charge in [0.2, 0.25) is 6.29 Å². The monoisotopic (exact) mass is 178 g/mol. The molecular weight excluding hydrogens is 168 g/mol. The van der Waals surface area contributed by atoms with Crippen molar-refractivity contribution in [1.82, 2.24) is 4.98 Å². The highest BCUT2D eigenvalue weighted by molar-refractivity contribution is 5.43. The van der Waals surface area contributed by atoms with Crippen LogP contribution >= 0.6 is 0 Å². The molecule has 0 atom stereocenters. The second kappa shape index (κ2) is 3.64. The normalized spacial score (nSPS) is 17.5. The van der Waals surface area contributed by atoms with Crippen LogP contribution in [0.3, 0.4) is 0 Å². The maximum Gasteiger partial charge on any atom is 0.201 e. The van der Waals surface area contributed by atoms with Crippen molar-refractivity contribution in [1.29, 1.82) is 0 Å². The maximum absolute atomic E-state index is 5.28. The Balaban J connectivity index is 2.16. The lowest BCUT2D eigenvalue weighted by molar-refractivity contribution is -0.0472. The molecule has 2 rings (SSSR count). The summed E-state index contributed by atoms with van der Waals surface area (Å²) in [5, 5.41) is 0.